The van der Waals surface area contributed by atoms with Gasteiger partial charge in [-0.15, -0.1) is 0 Å². The molecule has 3 nitrogen and oxygen atoms in total. The third-order valence-corrected chi connectivity index (χ3v) is 5.06. The van der Waals surface area contributed by atoms with Gasteiger partial charge in [0.05, 0.1) is 5.92 Å². The van der Waals surface area contributed by atoms with E-state index in [0.717, 1.165) is 25.8 Å². The molecule has 0 aliphatic carbocycles. The molecule has 1 fully saturated rings. The Morgan fingerprint density at radius 2 is 1.91 bits per heavy atom. The highest BCUT2D eigenvalue weighted by Gasteiger charge is 2.30. The molecule has 3 heteroatoms. The van der Waals surface area contributed by atoms with E-state index in [1.807, 2.05) is 0 Å². The fraction of sp³-hybridized carbons (Fsp3) is 0.650. The minimum Gasteiger partial charge on any atom is -0.481 e. The molecule has 2 atom stereocenters. The highest BCUT2D eigenvalue weighted by atomic mass is 16.4. The Kier molecular flexibility index (Phi) is 6.64. The predicted octanol–water partition coefficient (Wildman–Crippen LogP) is 4.84. The van der Waals surface area contributed by atoms with Crippen molar-refractivity contribution in [3.8, 4) is 0 Å². The summed E-state index contributed by atoms with van der Waals surface area (Å²) in [6.45, 7) is 8.35. The number of nitrogens with zero attached hydrogens (tertiary/aromatic N) is 1. The maximum atomic E-state index is 11.4. The Morgan fingerprint density at radius 3 is 2.48 bits per heavy atom. The number of hydrogen-bond donors (Lipinski definition) is 1. The molecular formula is C20H31NO2. The number of carboxylic acid groups (broad SMARTS) is 1. The van der Waals surface area contributed by atoms with Gasteiger partial charge >= 0.3 is 5.97 Å². The van der Waals surface area contributed by atoms with E-state index in [1.54, 1.807) is 0 Å². The average molecular weight is 317 g/mol. The van der Waals surface area contributed by atoms with Gasteiger partial charge in [0.25, 0.3) is 0 Å². The Hall–Kier alpha value is -1.35. The standard InChI is InChI=1S/C20H31NO2/c1-4-5-8-19(17-11-9-16(10-12-17)15(2)3)21-13-6-7-18(14-21)20(22)23/h9-12,15,18-19H,4-8,13-14H2,1-3H3,(H,22,23). The maximum absolute atomic E-state index is 11.4. The molecule has 1 aromatic carbocycles. The molecule has 1 saturated heterocycles. The Bertz CT molecular complexity index is 495. The SMILES string of the molecule is CCCCC(c1ccc(C(C)C)cc1)N1CCCC(C(=O)O)C1. The summed E-state index contributed by atoms with van der Waals surface area (Å²) in [7, 11) is 0. The van der Waals surface area contributed by atoms with Gasteiger partial charge in [0.1, 0.15) is 0 Å². The quantitative estimate of drug-likeness (QED) is 0.782. The van der Waals surface area contributed by atoms with Crippen LogP contribution in [-0.2, 0) is 4.79 Å². The van der Waals surface area contributed by atoms with Gasteiger partial charge in [-0.25, -0.2) is 0 Å². The lowest BCUT2D eigenvalue weighted by Gasteiger charge is -2.37. The molecule has 23 heavy (non-hydrogen) atoms. The Balaban J connectivity index is 2.16. The molecule has 0 saturated carbocycles. The van der Waals surface area contributed by atoms with Crippen molar-refractivity contribution in [2.75, 3.05) is 13.1 Å². The van der Waals surface area contributed by atoms with Crippen LogP contribution >= 0.6 is 0 Å². The number of rotatable bonds is 7. The maximum Gasteiger partial charge on any atom is 0.307 e. The van der Waals surface area contributed by atoms with E-state index in [-0.39, 0.29) is 5.92 Å². The number of piperidine rings is 1. The van der Waals surface area contributed by atoms with Crippen LogP contribution in [-0.4, -0.2) is 29.1 Å². The molecule has 1 aromatic rings. The summed E-state index contributed by atoms with van der Waals surface area (Å²) in [5, 5.41) is 9.36. The van der Waals surface area contributed by atoms with Gasteiger partial charge in [0, 0.05) is 12.6 Å². The van der Waals surface area contributed by atoms with Crippen LogP contribution in [0, 0.1) is 5.92 Å². The van der Waals surface area contributed by atoms with Crippen LogP contribution in [0.3, 0.4) is 0 Å². The zero-order chi connectivity index (χ0) is 16.8. The van der Waals surface area contributed by atoms with Crippen LogP contribution in [0.25, 0.3) is 0 Å². The van der Waals surface area contributed by atoms with Crippen molar-refractivity contribution in [1.82, 2.24) is 4.90 Å². The number of aliphatic carboxylic acids is 1. The first-order valence-corrected chi connectivity index (χ1v) is 9.09. The number of carbonyl (C=O) groups is 1. The van der Waals surface area contributed by atoms with Gasteiger partial charge in [0.2, 0.25) is 0 Å². The molecule has 0 bridgehead atoms. The van der Waals surface area contributed by atoms with Crippen LogP contribution in [0.4, 0.5) is 0 Å². The van der Waals surface area contributed by atoms with Crippen molar-refractivity contribution in [3.05, 3.63) is 35.4 Å². The second-order valence-electron chi connectivity index (χ2n) is 7.15. The smallest absolute Gasteiger partial charge is 0.307 e. The number of unbranched alkanes of at least 4 members (excludes halogenated alkanes) is 1. The topological polar surface area (TPSA) is 40.5 Å². The van der Waals surface area contributed by atoms with Gasteiger partial charge in [-0.3, -0.25) is 9.69 Å². The molecule has 0 amide bonds. The van der Waals surface area contributed by atoms with Crippen LogP contribution in [0.1, 0.15) is 76.0 Å². The van der Waals surface area contributed by atoms with Crippen molar-refractivity contribution in [3.63, 3.8) is 0 Å². The second-order valence-corrected chi connectivity index (χ2v) is 7.15. The molecule has 0 spiro atoms. The van der Waals surface area contributed by atoms with Crippen molar-refractivity contribution in [2.24, 2.45) is 5.92 Å². The second kappa shape index (κ2) is 8.49. The molecule has 1 heterocycles. The van der Waals surface area contributed by atoms with E-state index in [4.69, 9.17) is 0 Å². The van der Waals surface area contributed by atoms with E-state index in [1.165, 1.54) is 24.0 Å². The van der Waals surface area contributed by atoms with Gasteiger partial charge in [-0.2, -0.15) is 0 Å². The highest BCUT2D eigenvalue weighted by Crippen LogP contribution is 2.31. The lowest BCUT2D eigenvalue weighted by atomic mass is 9.91. The van der Waals surface area contributed by atoms with Crippen molar-refractivity contribution < 1.29 is 9.90 Å². The zero-order valence-corrected chi connectivity index (χ0v) is 14.8. The molecule has 0 aromatic heterocycles. The zero-order valence-electron chi connectivity index (χ0n) is 14.8. The first-order chi connectivity index (χ1) is 11.0. The van der Waals surface area contributed by atoms with Gasteiger partial charge in [-0.1, -0.05) is 57.9 Å². The monoisotopic (exact) mass is 317 g/mol. The molecule has 1 aliphatic heterocycles. The van der Waals surface area contributed by atoms with Crippen molar-refractivity contribution in [2.45, 2.75) is 64.8 Å². The van der Waals surface area contributed by atoms with E-state index >= 15 is 0 Å². The van der Waals surface area contributed by atoms with E-state index in [0.29, 0.717) is 18.5 Å². The van der Waals surface area contributed by atoms with Crippen LogP contribution in [0.15, 0.2) is 24.3 Å². The largest absolute Gasteiger partial charge is 0.481 e. The van der Waals surface area contributed by atoms with Crippen molar-refractivity contribution in [1.29, 1.82) is 0 Å². The van der Waals surface area contributed by atoms with E-state index in [2.05, 4.69) is 49.9 Å². The molecule has 1 N–H and O–H groups in total. The van der Waals surface area contributed by atoms with Crippen LogP contribution in [0.2, 0.25) is 0 Å². The van der Waals surface area contributed by atoms with Gasteiger partial charge in [0.15, 0.2) is 0 Å². The predicted molar refractivity (Wildman–Crippen MR) is 94.7 cm³/mol. The van der Waals surface area contributed by atoms with Crippen LogP contribution in [0.5, 0.6) is 0 Å². The Morgan fingerprint density at radius 1 is 1.26 bits per heavy atom. The number of benzene rings is 1. The number of likely N-dealkylation sites (tertiary alicyclic amines) is 1. The molecule has 2 rings (SSSR count). The highest BCUT2D eigenvalue weighted by molar-refractivity contribution is 5.70. The lowest BCUT2D eigenvalue weighted by molar-refractivity contribution is -0.144. The third kappa shape index (κ3) is 4.81. The van der Waals surface area contributed by atoms with Crippen LogP contribution < -0.4 is 0 Å². The van der Waals surface area contributed by atoms with Gasteiger partial charge < -0.3 is 5.11 Å². The summed E-state index contributed by atoms with van der Waals surface area (Å²) in [4.78, 5) is 13.8. The minimum atomic E-state index is -0.640. The molecular weight excluding hydrogens is 286 g/mol. The fourth-order valence-electron chi connectivity index (χ4n) is 3.55. The summed E-state index contributed by atoms with van der Waals surface area (Å²) in [5.74, 6) is -0.300. The average Bonchev–Trinajstić information content (AvgIpc) is 2.56. The third-order valence-electron chi connectivity index (χ3n) is 5.06. The van der Waals surface area contributed by atoms with Crippen molar-refractivity contribution >= 4 is 5.97 Å². The summed E-state index contributed by atoms with van der Waals surface area (Å²) < 4.78 is 0. The molecule has 0 radical (unpaired) electrons. The summed E-state index contributed by atoms with van der Waals surface area (Å²) in [6, 6.07) is 9.33. The Labute approximate surface area is 140 Å². The fourth-order valence-corrected chi connectivity index (χ4v) is 3.55. The lowest BCUT2D eigenvalue weighted by Crippen LogP contribution is -2.40. The summed E-state index contributed by atoms with van der Waals surface area (Å²) in [5.41, 5.74) is 2.71. The first kappa shape index (κ1) is 18.0. The van der Waals surface area contributed by atoms with Gasteiger partial charge in [-0.05, 0) is 42.9 Å². The van der Waals surface area contributed by atoms with E-state index < -0.39 is 5.97 Å². The van der Waals surface area contributed by atoms with E-state index in [9.17, 15) is 9.90 Å². The number of carboxylic acids is 1. The first-order valence-electron chi connectivity index (χ1n) is 9.09. The molecule has 1 aliphatic rings. The summed E-state index contributed by atoms with van der Waals surface area (Å²) >= 11 is 0. The molecule has 2 unspecified atom stereocenters. The number of hydrogen-bond acceptors (Lipinski definition) is 2. The normalized spacial score (nSPS) is 20.6. The summed E-state index contributed by atoms with van der Waals surface area (Å²) in [6.07, 6.45) is 5.29. The minimum absolute atomic E-state index is 0.206. The molecule has 128 valence electrons.